The summed E-state index contributed by atoms with van der Waals surface area (Å²) in [5, 5.41) is 0. The molecule has 7 rings (SSSR count). The van der Waals surface area contributed by atoms with E-state index in [2.05, 4.69) is 131 Å². The summed E-state index contributed by atoms with van der Waals surface area (Å²) in [6, 6.07) is 62.8. The van der Waals surface area contributed by atoms with E-state index < -0.39 is 6.16 Å². The van der Waals surface area contributed by atoms with Crippen LogP contribution in [-0.4, -0.2) is 32.4 Å². The number of hydrogen-bond donors (Lipinski definition) is 0. The minimum atomic E-state index is -0.771. The van der Waals surface area contributed by atoms with E-state index in [1.54, 1.807) is 19.2 Å². The molecular weight excluding hydrogens is 773 g/mol. The second-order valence-corrected chi connectivity index (χ2v) is 14.9. The van der Waals surface area contributed by atoms with Crippen molar-refractivity contribution >= 4 is 46.2 Å². The molecule has 0 aromatic heterocycles. The molecule has 0 aliphatic rings. The number of anilines is 6. The fourth-order valence-electron chi connectivity index (χ4n) is 7.22. The molecule has 8 heteroatoms. The van der Waals surface area contributed by atoms with Crippen molar-refractivity contribution in [2.75, 3.05) is 30.1 Å². The first-order chi connectivity index (χ1) is 30.4. The molecule has 314 valence electrons. The van der Waals surface area contributed by atoms with Gasteiger partial charge in [-0.25, -0.2) is 4.79 Å². The molecule has 0 unspecified atom stereocenters. The van der Waals surface area contributed by atoms with Gasteiger partial charge in [0.15, 0.2) is 0 Å². The lowest BCUT2D eigenvalue weighted by molar-refractivity contribution is -0.141. The van der Waals surface area contributed by atoms with Crippen LogP contribution in [0.1, 0.15) is 42.0 Å². The smallest absolute Gasteiger partial charge is 0.497 e. The average molecular weight is 825 g/mol. The van der Waals surface area contributed by atoms with Gasteiger partial charge in [-0.15, -0.1) is 0 Å². The zero-order valence-electron chi connectivity index (χ0n) is 35.3. The number of unbranched alkanes of at least 4 members (excludes halogenated alkanes) is 1. The molecule has 0 heterocycles. The van der Waals surface area contributed by atoms with Crippen LogP contribution in [0.4, 0.5) is 38.9 Å². The summed E-state index contributed by atoms with van der Waals surface area (Å²) < 4.78 is 20.9. The molecule has 7 aromatic carbocycles. The molecular formula is C54H52N2O6. The maximum absolute atomic E-state index is 12.2. The first-order valence-electron chi connectivity index (χ1n) is 21.1. The second-order valence-electron chi connectivity index (χ2n) is 14.9. The Labute approximate surface area is 364 Å². The number of benzene rings is 7. The zero-order valence-corrected chi connectivity index (χ0v) is 35.3. The average Bonchev–Trinajstić information content (AvgIpc) is 3.31. The van der Waals surface area contributed by atoms with Gasteiger partial charge in [0.2, 0.25) is 0 Å². The van der Waals surface area contributed by atoms with Gasteiger partial charge in [-0.05, 0) is 158 Å². The molecule has 0 aliphatic carbocycles. The van der Waals surface area contributed by atoms with Crippen LogP contribution in [0, 0.1) is 0 Å². The van der Waals surface area contributed by atoms with Crippen molar-refractivity contribution in [1.82, 2.24) is 0 Å². The van der Waals surface area contributed by atoms with Gasteiger partial charge >= 0.3 is 12.1 Å². The molecule has 0 saturated carbocycles. The maximum Gasteiger partial charge on any atom is 0.513 e. The van der Waals surface area contributed by atoms with Crippen LogP contribution in [0.25, 0.3) is 0 Å². The van der Waals surface area contributed by atoms with Gasteiger partial charge in [0.05, 0.1) is 20.3 Å². The van der Waals surface area contributed by atoms with Crippen molar-refractivity contribution in [3.05, 3.63) is 204 Å². The number of hydrogen-bond acceptors (Lipinski definition) is 8. The molecule has 0 fully saturated rings. The summed E-state index contributed by atoms with van der Waals surface area (Å²) in [5.74, 6) is 0.899. The number of nitrogens with zero attached hydrogens (tertiary/aromatic N) is 2. The molecule has 0 radical (unpaired) electrons. The Balaban J connectivity index is 0.913. The monoisotopic (exact) mass is 824 g/mol. The summed E-state index contributed by atoms with van der Waals surface area (Å²) >= 11 is 0. The lowest BCUT2D eigenvalue weighted by Gasteiger charge is -2.25. The number of methoxy groups -OCH3 is 1. The molecule has 8 nitrogen and oxygen atoms in total. The highest BCUT2D eigenvalue weighted by atomic mass is 16.7. The predicted molar refractivity (Wildman–Crippen MR) is 248 cm³/mol. The third-order valence-corrected chi connectivity index (χ3v) is 10.5. The van der Waals surface area contributed by atoms with Gasteiger partial charge < -0.3 is 28.7 Å². The first kappa shape index (κ1) is 42.8. The number of rotatable bonds is 19. The van der Waals surface area contributed by atoms with Crippen LogP contribution in [0.5, 0.6) is 11.5 Å². The summed E-state index contributed by atoms with van der Waals surface area (Å²) in [6.07, 6.45) is 4.23. The Bertz CT molecular complexity index is 2440. The normalized spacial score (nSPS) is 10.7. The van der Waals surface area contributed by atoms with Crippen molar-refractivity contribution in [3.63, 3.8) is 0 Å². The van der Waals surface area contributed by atoms with E-state index in [1.807, 2.05) is 48.5 Å². The number of esters is 1. The summed E-state index contributed by atoms with van der Waals surface area (Å²) in [7, 11) is 1.69. The fraction of sp³-hybridized carbons (Fsp3) is 0.185. The van der Waals surface area contributed by atoms with Gasteiger partial charge in [-0.3, -0.25) is 4.79 Å². The maximum atomic E-state index is 12.2. The van der Waals surface area contributed by atoms with E-state index >= 15 is 0 Å². The predicted octanol–water partition coefficient (Wildman–Crippen LogP) is 13.1. The quantitative estimate of drug-likeness (QED) is 0.0453. The van der Waals surface area contributed by atoms with Crippen LogP contribution in [-0.2, 0) is 40.0 Å². The number of ether oxygens (including phenoxy) is 4. The standard InChI is InChI=1S/C54H52N2O6/c1-41(57)60-39-9-10-40-61-54(58)62-53-37-33-51(34-38-53)56(47-13-7-4-8-14-47)49-29-25-45(26-30-49)22-20-43-17-15-42(16-18-43)19-21-44-23-27-48(28-24-44)55(46-11-5-3-6-12-46)50-31-35-52(59-2)36-32-50/h3-8,11-18,23-38H,9-10,19-22,39-40H2,1-2H3. The van der Waals surface area contributed by atoms with E-state index in [-0.39, 0.29) is 12.6 Å². The Hall–Kier alpha value is -7.32. The van der Waals surface area contributed by atoms with Crippen LogP contribution < -0.4 is 19.3 Å². The highest BCUT2D eigenvalue weighted by Gasteiger charge is 2.15. The largest absolute Gasteiger partial charge is 0.513 e. The minimum absolute atomic E-state index is 0.183. The lowest BCUT2D eigenvalue weighted by atomic mass is 10.00. The number of aryl methyl sites for hydroxylation is 4. The number of carbonyl (C=O) groups excluding carboxylic acids is 2. The van der Waals surface area contributed by atoms with Gasteiger partial charge in [-0.1, -0.05) is 84.9 Å². The second kappa shape index (κ2) is 21.8. The highest BCUT2D eigenvalue weighted by molar-refractivity contribution is 5.78. The Morgan fingerprint density at radius 3 is 1.10 bits per heavy atom. The summed E-state index contributed by atoms with van der Waals surface area (Å²) in [5.41, 5.74) is 11.5. The van der Waals surface area contributed by atoms with Crippen molar-refractivity contribution < 1.29 is 28.5 Å². The van der Waals surface area contributed by atoms with Crippen molar-refractivity contribution in [2.45, 2.75) is 45.4 Å². The fourth-order valence-corrected chi connectivity index (χ4v) is 7.22. The van der Waals surface area contributed by atoms with E-state index in [0.717, 1.165) is 65.6 Å². The van der Waals surface area contributed by atoms with Gasteiger partial charge in [-0.2, -0.15) is 0 Å². The summed E-state index contributed by atoms with van der Waals surface area (Å²) in [4.78, 5) is 27.6. The number of para-hydroxylation sites is 2. The molecule has 0 spiro atoms. The van der Waals surface area contributed by atoms with Crippen LogP contribution in [0.3, 0.4) is 0 Å². The highest BCUT2D eigenvalue weighted by Crippen LogP contribution is 2.37. The third kappa shape index (κ3) is 12.1. The molecule has 7 aromatic rings. The van der Waals surface area contributed by atoms with E-state index in [4.69, 9.17) is 18.9 Å². The Morgan fingerprint density at radius 1 is 0.403 bits per heavy atom. The number of carbonyl (C=O) groups is 2. The molecule has 0 atom stereocenters. The first-order valence-corrected chi connectivity index (χ1v) is 21.1. The van der Waals surface area contributed by atoms with E-state index in [0.29, 0.717) is 25.2 Å². The molecule has 0 N–H and O–H groups in total. The minimum Gasteiger partial charge on any atom is -0.497 e. The molecule has 0 amide bonds. The SMILES string of the molecule is COc1ccc(N(c2ccccc2)c2ccc(CCc3ccc(CCc4ccc(N(c5ccccc5)c5ccc(OC(=O)OCCCCOC(C)=O)cc5)cc4)cc3)cc2)cc1. The van der Waals surface area contributed by atoms with Crippen LogP contribution in [0.2, 0.25) is 0 Å². The third-order valence-electron chi connectivity index (χ3n) is 10.5. The Kier molecular flexibility index (Phi) is 15.0. The van der Waals surface area contributed by atoms with E-state index in [9.17, 15) is 9.59 Å². The van der Waals surface area contributed by atoms with Crippen LogP contribution in [0.15, 0.2) is 182 Å². The van der Waals surface area contributed by atoms with Gasteiger partial charge in [0.1, 0.15) is 11.5 Å². The topological polar surface area (TPSA) is 77.5 Å². The zero-order chi connectivity index (χ0) is 42.9. The molecule has 0 saturated heterocycles. The molecule has 0 bridgehead atoms. The van der Waals surface area contributed by atoms with Gasteiger partial charge in [0.25, 0.3) is 0 Å². The molecule has 0 aliphatic heterocycles. The molecule has 62 heavy (non-hydrogen) atoms. The lowest BCUT2D eigenvalue weighted by Crippen LogP contribution is -2.13. The van der Waals surface area contributed by atoms with Crippen molar-refractivity contribution in [1.29, 1.82) is 0 Å². The summed E-state index contributed by atoms with van der Waals surface area (Å²) in [6.45, 7) is 1.85. The Morgan fingerprint density at radius 2 is 0.726 bits per heavy atom. The van der Waals surface area contributed by atoms with Gasteiger partial charge in [0, 0.05) is 41.0 Å². The van der Waals surface area contributed by atoms with Crippen molar-refractivity contribution in [3.8, 4) is 11.5 Å². The van der Waals surface area contributed by atoms with Crippen molar-refractivity contribution in [2.24, 2.45) is 0 Å². The van der Waals surface area contributed by atoms with Crippen LogP contribution >= 0.6 is 0 Å². The van der Waals surface area contributed by atoms with E-state index in [1.165, 1.54) is 29.2 Å².